The molecule has 0 spiro atoms. The Morgan fingerprint density at radius 1 is 1.33 bits per heavy atom. The van der Waals surface area contributed by atoms with Crippen LogP contribution in [0.4, 0.5) is 0 Å². The quantitative estimate of drug-likeness (QED) is 0.819. The Kier molecular flexibility index (Phi) is 4.48. The van der Waals surface area contributed by atoms with E-state index in [0.717, 1.165) is 5.56 Å². The molecule has 0 heterocycles. The lowest BCUT2D eigenvalue weighted by atomic mass is 10.1. The second-order valence-electron chi connectivity index (χ2n) is 4.48. The topological polar surface area (TPSA) is 86.3 Å². The van der Waals surface area contributed by atoms with Crippen LogP contribution in [0.2, 0.25) is 0 Å². The zero-order valence-electron chi connectivity index (χ0n) is 10.5. The maximum atomic E-state index is 12.0. The van der Waals surface area contributed by atoms with Gasteiger partial charge in [0.2, 0.25) is 10.0 Å². The highest BCUT2D eigenvalue weighted by Crippen LogP contribution is 2.13. The molecule has 0 bridgehead atoms. The molecule has 0 saturated carbocycles. The number of carboxylic acids is 1. The van der Waals surface area contributed by atoms with E-state index in [4.69, 9.17) is 0 Å². The summed E-state index contributed by atoms with van der Waals surface area (Å²) in [6.07, 6.45) is 0. The number of hydrogen-bond acceptors (Lipinski definition) is 4. The van der Waals surface area contributed by atoms with Crippen molar-refractivity contribution >= 4 is 16.0 Å². The number of sulfonamides is 1. The van der Waals surface area contributed by atoms with E-state index in [9.17, 15) is 18.3 Å². The van der Waals surface area contributed by atoms with Gasteiger partial charge in [0.05, 0.1) is 16.9 Å². The highest BCUT2D eigenvalue weighted by molar-refractivity contribution is 7.89. The summed E-state index contributed by atoms with van der Waals surface area (Å²) < 4.78 is 26.1. The fraction of sp³-hybridized carbons (Fsp3) is 0.417. The molecule has 1 aromatic rings. The fourth-order valence-electron chi connectivity index (χ4n) is 1.47. The Morgan fingerprint density at radius 3 is 2.39 bits per heavy atom. The summed E-state index contributed by atoms with van der Waals surface area (Å²) in [7, 11) is -3.84. The van der Waals surface area contributed by atoms with Gasteiger partial charge < -0.3 is 9.90 Å². The highest BCUT2D eigenvalue weighted by Gasteiger charge is 2.23. The number of carboxylic acid groups (broad SMARTS) is 1. The van der Waals surface area contributed by atoms with Crippen molar-refractivity contribution in [2.24, 2.45) is 5.92 Å². The molecule has 0 fully saturated rings. The SMILES string of the molecule is Cc1cccc(S(=O)(=O)N[C@@H](C(=O)[O-])C(C)C)c1. The number of nitrogens with one attached hydrogen (secondary N) is 1. The first-order valence-electron chi connectivity index (χ1n) is 5.54. The zero-order valence-corrected chi connectivity index (χ0v) is 11.3. The normalized spacial score (nSPS) is 13.6. The first-order chi connectivity index (χ1) is 8.24. The van der Waals surface area contributed by atoms with Gasteiger partial charge in [-0.3, -0.25) is 0 Å². The minimum atomic E-state index is -3.84. The van der Waals surface area contributed by atoms with Gasteiger partial charge in [0.25, 0.3) is 0 Å². The molecule has 1 aromatic carbocycles. The van der Waals surface area contributed by atoms with E-state index < -0.39 is 28.0 Å². The zero-order chi connectivity index (χ0) is 13.9. The van der Waals surface area contributed by atoms with E-state index in [1.165, 1.54) is 12.1 Å². The van der Waals surface area contributed by atoms with Crippen LogP contribution in [0.15, 0.2) is 29.2 Å². The van der Waals surface area contributed by atoms with E-state index in [1.54, 1.807) is 32.9 Å². The number of aliphatic carboxylic acids is 1. The van der Waals surface area contributed by atoms with Crippen molar-refractivity contribution in [3.05, 3.63) is 29.8 Å². The molecule has 6 heteroatoms. The second kappa shape index (κ2) is 5.49. The minimum Gasteiger partial charge on any atom is -0.548 e. The third kappa shape index (κ3) is 3.54. The van der Waals surface area contributed by atoms with Crippen molar-refractivity contribution in [1.82, 2.24) is 4.72 Å². The lowest BCUT2D eigenvalue weighted by molar-refractivity contribution is -0.309. The summed E-state index contributed by atoms with van der Waals surface area (Å²) >= 11 is 0. The molecule has 0 saturated heterocycles. The average molecular weight is 270 g/mol. The molecular weight excluding hydrogens is 254 g/mol. The summed E-state index contributed by atoms with van der Waals surface area (Å²) in [5.41, 5.74) is 0.785. The van der Waals surface area contributed by atoms with Gasteiger partial charge >= 0.3 is 0 Å². The molecule has 1 atom stereocenters. The van der Waals surface area contributed by atoms with E-state index >= 15 is 0 Å². The van der Waals surface area contributed by atoms with Crippen LogP contribution in [0.25, 0.3) is 0 Å². The molecule has 18 heavy (non-hydrogen) atoms. The van der Waals surface area contributed by atoms with Crippen molar-refractivity contribution in [2.75, 3.05) is 0 Å². The Hall–Kier alpha value is -1.40. The smallest absolute Gasteiger partial charge is 0.241 e. The standard InChI is InChI=1S/C12H17NO4S/c1-8(2)11(12(14)15)13-18(16,17)10-6-4-5-9(3)7-10/h4-8,11,13H,1-3H3,(H,14,15)/p-1/t11-/m1/s1. The van der Waals surface area contributed by atoms with Gasteiger partial charge in [-0.25, -0.2) is 13.1 Å². The molecule has 0 unspecified atom stereocenters. The van der Waals surface area contributed by atoms with Gasteiger partial charge in [-0.1, -0.05) is 26.0 Å². The van der Waals surface area contributed by atoms with Crippen LogP contribution < -0.4 is 9.83 Å². The Morgan fingerprint density at radius 2 is 1.94 bits per heavy atom. The van der Waals surface area contributed by atoms with E-state index in [0.29, 0.717) is 0 Å². The molecule has 1 rings (SSSR count). The molecule has 0 aliphatic carbocycles. The van der Waals surface area contributed by atoms with Crippen LogP contribution >= 0.6 is 0 Å². The van der Waals surface area contributed by atoms with Crippen molar-refractivity contribution < 1.29 is 18.3 Å². The summed E-state index contributed by atoms with van der Waals surface area (Å²) in [5, 5.41) is 10.9. The van der Waals surface area contributed by atoms with E-state index in [2.05, 4.69) is 4.72 Å². The predicted octanol–water partition coefficient (Wildman–Crippen LogP) is 0.0478. The van der Waals surface area contributed by atoms with Crippen LogP contribution in [0, 0.1) is 12.8 Å². The van der Waals surface area contributed by atoms with Crippen LogP contribution in [0.5, 0.6) is 0 Å². The molecule has 0 amide bonds. The number of aryl methyl sites for hydroxylation is 1. The van der Waals surface area contributed by atoms with Gasteiger partial charge in [0.15, 0.2) is 0 Å². The van der Waals surface area contributed by atoms with Crippen molar-refractivity contribution in [2.45, 2.75) is 31.7 Å². The first kappa shape index (κ1) is 14.7. The third-order valence-electron chi connectivity index (χ3n) is 2.50. The maximum absolute atomic E-state index is 12.0. The van der Waals surface area contributed by atoms with Crippen LogP contribution in [-0.2, 0) is 14.8 Å². The third-order valence-corrected chi connectivity index (χ3v) is 3.94. The lowest BCUT2D eigenvalue weighted by Gasteiger charge is -2.23. The van der Waals surface area contributed by atoms with Gasteiger partial charge in [0, 0.05) is 0 Å². The van der Waals surface area contributed by atoms with E-state index in [1.807, 2.05) is 0 Å². The number of hydrogen-bond donors (Lipinski definition) is 1. The number of benzene rings is 1. The van der Waals surface area contributed by atoms with Gasteiger partial charge in [-0.15, -0.1) is 0 Å². The first-order valence-corrected chi connectivity index (χ1v) is 7.02. The van der Waals surface area contributed by atoms with Gasteiger partial charge in [-0.05, 0) is 30.5 Å². The molecule has 0 aliphatic heterocycles. The largest absolute Gasteiger partial charge is 0.548 e. The fourth-order valence-corrected chi connectivity index (χ4v) is 2.91. The van der Waals surface area contributed by atoms with Crippen LogP contribution in [0.1, 0.15) is 19.4 Å². The monoisotopic (exact) mass is 270 g/mol. The minimum absolute atomic E-state index is 0.0504. The van der Waals surface area contributed by atoms with Gasteiger partial charge in [-0.2, -0.15) is 0 Å². The summed E-state index contributed by atoms with van der Waals surface area (Å²) in [5.74, 6) is -1.82. The molecule has 0 aromatic heterocycles. The Bertz CT molecular complexity index is 537. The molecule has 0 aliphatic rings. The highest BCUT2D eigenvalue weighted by atomic mass is 32.2. The summed E-state index contributed by atoms with van der Waals surface area (Å²) in [4.78, 5) is 10.9. The number of carbonyl (C=O) groups excluding carboxylic acids is 1. The van der Waals surface area contributed by atoms with Gasteiger partial charge in [0.1, 0.15) is 0 Å². The molecule has 100 valence electrons. The predicted molar refractivity (Wildman–Crippen MR) is 65.1 cm³/mol. The van der Waals surface area contributed by atoms with Crippen LogP contribution in [-0.4, -0.2) is 20.4 Å². The van der Waals surface area contributed by atoms with Crippen LogP contribution in [0.3, 0.4) is 0 Å². The van der Waals surface area contributed by atoms with Crippen molar-refractivity contribution in [3.8, 4) is 0 Å². The lowest BCUT2D eigenvalue weighted by Crippen LogP contribution is -2.50. The molecule has 5 nitrogen and oxygen atoms in total. The summed E-state index contributed by atoms with van der Waals surface area (Å²) in [6.45, 7) is 4.98. The molecular formula is C12H16NO4S-. The Balaban J connectivity index is 3.05. The van der Waals surface area contributed by atoms with E-state index in [-0.39, 0.29) is 4.90 Å². The second-order valence-corrected chi connectivity index (χ2v) is 6.19. The molecule has 0 radical (unpaired) electrons. The number of rotatable bonds is 5. The number of carbonyl (C=O) groups is 1. The average Bonchev–Trinajstić information content (AvgIpc) is 2.25. The van der Waals surface area contributed by atoms with Crippen molar-refractivity contribution in [1.29, 1.82) is 0 Å². The Labute approximate surface area is 107 Å². The summed E-state index contributed by atoms with van der Waals surface area (Å²) in [6, 6.07) is 5.03. The molecule has 1 N–H and O–H groups in total. The maximum Gasteiger partial charge on any atom is 0.241 e. The van der Waals surface area contributed by atoms with Crippen molar-refractivity contribution in [3.63, 3.8) is 0 Å².